The average Bonchev–Trinajstić information content (AvgIpc) is 2.67. The summed E-state index contributed by atoms with van der Waals surface area (Å²) >= 11 is 0. The second-order valence-corrected chi connectivity index (χ2v) is 6.23. The molecule has 0 spiro atoms. The molecule has 0 saturated carbocycles. The van der Waals surface area contributed by atoms with Gasteiger partial charge in [0.1, 0.15) is 18.6 Å². The van der Waals surface area contributed by atoms with Crippen LogP contribution in [0.4, 0.5) is 0 Å². The third kappa shape index (κ3) is 18.5. The van der Waals surface area contributed by atoms with Crippen LogP contribution in [0.3, 0.4) is 0 Å². The fourth-order valence-electron chi connectivity index (χ4n) is 2.11. The van der Waals surface area contributed by atoms with Crippen molar-refractivity contribution in [3.63, 3.8) is 0 Å². The Morgan fingerprint density at radius 3 is 1.81 bits per heavy atom. The molecule has 0 saturated heterocycles. The highest BCUT2D eigenvalue weighted by Gasteiger charge is 2.27. The minimum Gasteiger partial charge on any atom is -0.481 e. The minimum atomic E-state index is -1.25. The minimum absolute atomic E-state index is 0.195. The predicted molar refractivity (Wildman–Crippen MR) is 107 cm³/mol. The van der Waals surface area contributed by atoms with Gasteiger partial charge in [-0.3, -0.25) is 28.8 Å². The summed E-state index contributed by atoms with van der Waals surface area (Å²) in [5.41, 5.74) is 10.6. The van der Waals surface area contributed by atoms with Crippen molar-refractivity contribution >= 4 is 35.6 Å². The summed E-state index contributed by atoms with van der Waals surface area (Å²) in [4.78, 5) is 66.3. The maximum absolute atomic E-state index is 12.4. The van der Waals surface area contributed by atoms with Gasteiger partial charge in [-0.1, -0.05) is 0 Å². The van der Waals surface area contributed by atoms with E-state index in [-0.39, 0.29) is 19.3 Å². The highest BCUT2D eigenvalue weighted by molar-refractivity contribution is 5.93. The molecule has 0 aliphatic rings. The molecule has 31 heavy (non-hydrogen) atoms. The third-order valence-corrected chi connectivity index (χ3v) is 3.48. The van der Waals surface area contributed by atoms with Crippen molar-refractivity contribution in [1.29, 1.82) is 0 Å². The highest BCUT2D eigenvalue weighted by Crippen LogP contribution is 2.04. The first-order valence-corrected chi connectivity index (χ1v) is 9.35. The summed E-state index contributed by atoms with van der Waals surface area (Å²) in [5, 5.41) is 31.7. The van der Waals surface area contributed by atoms with Crippen molar-refractivity contribution in [2.75, 3.05) is 19.6 Å². The van der Waals surface area contributed by atoms with E-state index in [0.29, 0.717) is 19.4 Å². The zero-order valence-corrected chi connectivity index (χ0v) is 17.3. The Morgan fingerprint density at radius 2 is 1.35 bits per heavy atom. The van der Waals surface area contributed by atoms with Gasteiger partial charge in [-0.25, -0.2) is 0 Å². The molecule has 178 valence electrons. The average molecular weight is 449 g/mol. The van der Waals surface area contributed by atoms with E-state index in [1.165, 1.54) is 0 Å². The van der Waals surface area contributed by atoms with E-state index >= 15 is 0 Å². The fraction of sp³-hybridized carbons (Fsp3) is 0.647. The van der Waals surface area contributed by atoms with E-state index in [1.807, 2.05) is 0 Å². The van der Waals surface area contributed by atoms with Gasteiger partial charge >= 0.3 is 11.9 Å². The predicted octanol–water partition coefficient (Wildman–Crippen LogP) is -2.80. The van der Waals surface area contributed by atoms with Gasteiger partial charge in [-0.15, -0.1) is 0 Å². The molecule has 0 aliphatic carbocycles. The van der Waals surface area contributed by atoms with Gasteiger partial charge in [0.05, 0.1) is 6.54 Å². The Labute approximate surface area is 178 Å². The molecule has 0 heterocycles. The molecule has 2 atom stereocenters. The van der Waals surface area contributed by atoms with Crippen molar-refractivity contribution in [2.45, 2.75) is 51.1 Å². The lowest BCUT2D eigenvalue weighted by atomic mass is 10.1. The molecule has 14 heteroatoms. The molecule has 0 unspecified atom stereocenters. The number of carboxylic acids is 3. The topological polar surface area (TPSA) is 251 Å². The Kier molecular flexibility index (Phi) is 17.0. The van der Waals surface area contributed by atoms with Crippen molar-refractivity contribution in [1.82, 2.24) is 16.0 Å². The van der Waals surface area contributed by atoms with E-state index in [0.717, 1.165) is 6.92 Å². The number of amides is 3. The molecule has 0 fully saturated rings. The van der Waals surface area contributed by atoms with Crippen LogP contribution in [0.5, 0.6) is 0 Å². The van der Waals surface area contributed by atoms with Crippen LogP contribution in [-0.2, 0) is 28.8 Å². The molecule has 14 nitrogen and oxygen atoms in total. The Hall–Kier alpha value is -3.26. The molecule has 3 amide bonds. The van der Waals surface area contributed by atoms with Crippen LogP contribution < -0.4 is 27.4 Å². The SMILES string of the molecule is CC(=O)O.NCCCC[C@H](NC(=O)[C@H](CCC(=O)O)NC(=O)CN)C(=O)NCC(=O)O. The highest BCUT2D eigenvalue weighted by atomic mass is 16.4. The van der Waals surface area contributed by atoms with E-state index in [9.17, 15) is 24.0 Å². The van der Waals surface area contributed by atoms with Crippen LogP contribution in [0.2, 0.25) is 0 Å². The van der Waals surface area contributed by atoms with E-state index in [4.69, 9.17) is 31.6 Å². The number of nitrogens with two attached hydrogens (primary N) is 2. The van der Waals surface area contributed by atoms with Gasteiger partial charge in [0.15, 0.2) is 0 Å². The second kappa shape index (κ2) is 17.6. The van der Waals surface area contributed by atoms with Crippen molar-refractivity contribution < 1.29 is 44.1 Å². The van der Waals surface area contributed by atoms with Gasteiger partial charge in [-0.2, -0.15) is 0 Å². The van der Waals surface area contributed by atoms with Gasteiger partial charge in [0.2, 0.25) is 17.7 Å². The van der Waals surface area contributed by atoms with Crippen molar-refractivity contribution in [3.05, 3.63) is 0 Å². The molecule has 0 aliphatic heterocycles. The smallest absolute Gasteiger partial charge is 0.322 e. The molecule has 0 aromatic carbocycles. The van der Waals surface area contributed by atoms with Gasteiger partial charge < -0.3 is 42.7 Å². The number of nitrogens with one attached hydrogen (secondary N) is 3. The number of hydrogen-bond acceptors (Lipinski definition) is 8. The molecule has 0 rings (SSSR count). The largest absolute Gasteiger partial charge is 0.481 e. The first kappa shape index (κ1) is 29.9. The summed E-state index contributed by atoms with van der Waals surface area (Å²) in [5.74, 6) is -5.36. The second-order valence-electron chi connectivity index (χ2n) is 6.23. The van der Waals surface area contributed by atoms with E-state index in [2.05, 4.69) is 16.0 Å². The zero-order chi connectivity index (χ0) is 24.4. The molecule has 0 aromatic heterocycles. The quantitative estimate of drug-likeness (QED) is 0.126. The first-order valence-electron chi connectivity index (χ1n) is 9.35. The lowest BCUT2D eigenvalue weighted by Gasteiger charge is -2.22. The maximum atomic E-state index is 12.4. The Balaban J connectivity index is 0. The number of rotatable bonds is 14. The van der Waals surface area contributed by atoms with Gasteiger partial charge in [0.25, 0.3) is 5.97 Å². The van der Waals surface area contributed by atoms with Crippen LogP contribution >= 0.6 is 0 Å². The van der Waals surface area contributed by atoms with Crippen LogP contribution in [0.1, 0.15) is 39.0 Å². The molecule has 0 bridgehead atoms. The fourth-order valence-corrected chi connectivity index (χ4v) is 2.11. The standard InChI is InChI=1S/C15H27N5O7.C2H4O2/c16-6-2-1-3-9(14(26)18-8-13(24)25)20-15(27)10(4-5-12(22)23)19-11(21)7-17;1-2(3)4/h9-10H,1-8,16-17H2,(H,18,26)(H,19,21)(H,20,27)(H,22,23)(H,24,25);1H3,(H,3,4)/t9-,10-;/m0./s1. The number of hydrogen-bond donors (Lipinski definition) is 8. The van der Waals surface area contributed by atoms with Crippen LogP contribution in [-0.4, -0.2) is 82.7 Å². The maximum Gasteiger partial charge on any atom is 0.322 e. The summed E-state index contributed by atoms with van der Waals surface area (Å²) < 4.78 is 0. The molecular formula is C17H31N5O9. The number of unbranched alkanes of at least 4 members (excludes halogenated alkanes) is 1. The summed E-state index contributed by atoms with van der Waals surface area (Å²) in [7, 11) is 0. The van der Waals surface area contributed by atoms with Gasteiger partial charge in [0, 0.05) is 13.3 Å². The zero-order valence-electron chi connectivity index (χ0n) is 17.3. The molecule has 0 radical (unpaired) electrons. The molecule has 0 aromatic rings. The number of carbonyl (C=O) groups is 6. The van der Waals surface area contributed by atoms with Crippen molar-refractivity contribution in [3.8, 4) is 0 Å². The monoisotopic (exact) mass is 449 g/mol. The number of aliphatic carboxylic acids is 3. The summed E-state index contributed by atoms with van der Waals surface area (Å²) in [6.07, 6.45) is 0.706. The molecule has 10 N–H and O–H groups in total. The van der Waals surface area contributed by atoms with Gasteiger partial charge in [-0.05, 0) is 32.2 Å². The van der Waals surface area contributed by atoms with E-state index in [1.54, 1.807) is 0 Å². The van der Waals surface area contributed by atoms with E-state index < -0.39 is 60.8 Å². The lowest BCUT2D eigenvalue weighted by Crippen LogP contribution is -2.54. The van der Waals surface area contributed by atoms with Crippen molar-refractivity contribution in [2.24, 2.45) is 11.5 Å². The lowest BCUT2D eigenvalue weighted by molar-refractivity contribution is -0.138. The van der Waals surface area contributed by atoms with Crippen LogP contribution in [0.15, 0.2) is 0 Å². The normalized spacial score (nSPS) is 11.7. The summed E-state index contributed by atoms with van der Waals surface area (Å²) in [6.45, 7) is 0.454. The van der Waals surface area contributed by atoms with Crippen LogP contribution in [0.25, 0.3) is 0 Å². The number of carboxylic acid groups (broad SMARTS) is 3. The summed E-state index contributed by atoms with van der Waals surface area (Å²) in [6, 6.07) is -2.24. The third-order valence-electron chi connectivity index (χ3n) is 3.48. The van der Waals surface area contributed by atoms with Crippen LogP contribution in [0, 0.1) is 0 Å². The Morgan fingerprint density at radius 1 is 0.806 bits per heavy atom. The number of carbonyl (C=O) groups excluding carboxylic acids is 3. The molecular weight excluding hydrogens is 418 g/mol. The first-order chi connectivity index (χ1) is 14.4. The Bertz CT molecular complexity index is 623.